The number of nitrogens with one attached hydrogen (secondary N) is 1. The number of hydrogen-bond acceptors (Lipinski definition) is 3. The molecular formula is C14H14BrNO2. The molecule has 3 nitrogen and oxygen atoms in total. The summed E-state index contributed by atoms with van der Waals surface area (Å²) in [5.41, 5.74) is 1.78. The quantitative estimate of drug-likeness (QED) is 0.903. The Kier molecular flexibility index (Phi) is 4.10. The van der Waals surface area contributed by atoms with E-state index in [2.05, 4.69) is 21.2 Å². The van der Waals surface area contributed by atoms with Crippen LogP contribution in [0.5, 0.6) is 11.5 Å². The van der Waals surface area contributed by atoms with Crippen LogP contribution in [0.3, 0.4) is 0 Å². The van der Waals surface area contributed by atoms with Crippen molar-refractivity contribution in [2.24, 2.45) is 0 Å². The first-order valence-electron chi connectivity index (χ1n) is 5.55. The van der Waals surface area contributed by atoms with Crippen LogP contribution in [0.4, 0.5) is 5.69 Å². The van der Waals surface area contributed by atoms with Gasteiger partial charge in [-0.25, -0.2) is 0 Å². The van der Waals surface area contributed by atoms with E-state index in [4.69, 9.17) is 4.74 Å². The van der Waals surface area contributed by atoms with Crippen LogP contribution in [0.2, 0.25) is 0 Å². The smallest absolute Gasteiger partial charge is 0.121 e. The lowest BCUT2D eigenvalue weighted by molar-refractivity contribution is 0.415. The number of aromatic hydroxyl groups is 1. The molecule has 0 radical (unpaired) electrons. The van der Waals surface area contributed by atoms with Gasteiger partial charge in [-0.1, -0.05) is 18.2 Å². The lowest BCUT2D eigenvalue weighted by atomic mass is 10.2. The molecule has 4 heteroatoms. The normalized spacial score (nSPS) is 10.1. The first-order valence-corrected chi connectivity index (χ1v) is 6.34. The van der Waals surface area contributed by atoms with Crippen LogP contribution >= 0.6 is 15.9 Å². The van der Waals surface area contributed by atoms with Crippen LogP contribution in [-0.2, 0) is 6.54 Å². The van der Waals surface area contributed by atoms with Gasteiger partial charge in [0.2, 0.25) is 0 Å². The average molecular weight is 308 g/mol. The zero-order valence-electron chi connectivity index (χ0n) is 9.98. The summed E-state index contributed by atoms with van der Waals surface area (Å²) in [5.74, 6) is 1.09. The number of hydrogen-bond donors (Lipinski definition) is 2. The number of halogens is 1. The van der Waals surface area contributed by atoms with Crippen LogP contribution < -0.4 is 10.1 Å². The molecule has 0 spiro atoms. The first kappa shape index (κ1) is 12.8. The molecule has 0 unspecified atom stereocenters. The van der Waals surface area contributed by atoms with Gasteiger partial charge in [-0.2, -0.15) is 0 Å². The first-order chi connectivity index (χ1) is 8.70. The van der Waals surface area contributed by atoms with Crippen molar-refractivity contribution in [3.63, 3.8) is 0 Å². The van der Waals surface area contributed by atoms with Crippen molar-refractivity contribution in [3.05, 3.63) is 52.5 Å². The number of anilines is 1. The predicted octanol–water partition coefficient (Wildman–Crippen LogP) is 3.78. The van der Waals surface area contributed by atoms with Crippen LogP contribution in [0, 0.1) is 0 Å². The van der Waals surface area contributed by atoms with E-state index >= 15 is 0 Å². The number of phenols is 1. The van der Waals surface area contributed by atoms with Gasteiger partial charge >= 0.3 is 0 Å². The third kappa shape index (κ3) is 2.96. The second-order valence-corrected chi connectivity index (χ2v) is 4.68. The maximum Gasteiger partial charge on any atom is 0.121 e. The van der Waals surface area contributed by atoms with Crippen molar-refractivity contribution in [2.75, 3.05) is 12.4 Å². The fourth-order valence-corrected chi connectivity index (χ4v) is 2.00. The molecule has 0 heterocycles. The van der Waals surface area contributed by atoms with Crippen molar-refractivity contribution in [1.82, 2.24) is 0 Å². The predicted molar refractivity (Wildman–Crippen MR) is 76.1 cm³/mol. The number of para-hydroxylation sites is 1. The Hall–Kier alpha value is -1.68. The molecule has 0 aliphatic heterocycles. The van der Waals surface area contributed by atoms with E-state index in [1.807, 2.05) is 30.3 Å². The summed E-state index contributed by atoms with van der Waals surface area (Å²) in [6.07, 6.45) is 0. The summed E-state index contributed by atoms with van der Waals surface area (Å²) >= 11 is 3.47. The monoisotopic (exact) mass is 307 g/mol. The van der Waals surface area contributed by atoms with Gasteiger partial charge in [0.1, 0.15) is 11.5 Å². The largest absolute Gasteiger partial charge is 0.508 e. The van der Waals surface area contributed by atoms with Crippen molar-refractivity contribution < 1.29 is 9.84 Å². The van der Waals surface area contributed by atoms with E-state index in [1.54, 1.807) is 19.2 Å². The molecule has 2 aromatic carbocycles. The highest BCUT2D eigenvalue weighted by molar-refractivity contribution is 9.10. The molecule has 2 rings (SSSR count). The van der Waals surface area contributed by atoms with Crippen LogP contribution in [0.1, 0.15) is 5.56 Å². The SMILES string of the molecule is COc1ccc(Br)c(NCc2ccccc2O)c1. The zero-order valence-corrected chi connectivity index (χ0v) is 11.6. The molecule has 0 aliphatic carbocycles. The molecule has 0 fully saturated rings. The van der Waals surface area contributed by atoms with E-state index < -0.39 is 0 Å². The summed E-state index contributed by atoms with van der Waals surface area (Å²) in [6.45, 7) is 0.554. The average Bonchev–Trinajstić information content (AvgIpc) is 2.39. The van der Waals surface area contributed by atoms with Gasteiger partial charge in [0.25, 0.3) is 0 Å². The number of rotatable bonds is 4. The molecule has 0 bridgehead atoms. The minimum Gasteiger partial charge on any atom is -0.508 e. The number of phenolic OH excluding ortho intramolecular Hbond substituents is 1. The Labute approximate surface area is 115 Å². The Balaban J connectivity index is 2.13. The minimum absolute atomic E-state index is 0.295. The summed E-state index contributed by atoms with van der Waals surface area (Å²) in [7, 11) is 1.63. The summed E-state index contributed by atoms with van der Waals surface area (Å²) in [4.78, 5) is 0. The number of benzene rings is 2. The third-order valence-corrected chi connectivity index (χ3v) is 3.33. The molecule has 0 aliphatic rings. The van der Waals surface area contributed by atoms with Gasteiger partial charge in [0, 0.05) is 22.6 Å². The topological polar surface area (TPSA) is 41.5 Å². The summed E-state index contributed by atoms with van der Waals surface area (Å²) < 4.78 is 6.13. The van der Waals surface area contributed by atoms with Gasteiger partial charge in [0.15, 0.2) is 0 Å². The van der Waals surface area contributed by atoms with Crippen molar-refractivity contribution in [3.8, 4) is 11.5 Å². The lowest BCUT2D eigenvalue weighted by Gasteiger charge is -2.11. The van der Waals surface area contributed by atoms with Crippen molar-refractivity contribution >= 4 is 21.6 Å². The molecule has 18 heavy (non-hydrogen) atoms. The summed E-state index contributed by atoms with van der Waals surface area (Å²) in [5, 5.41) is 12.9. The molecule has 0 atom stereocenters. The maximum atomic E-state index is 9.68. The third-order valence-electron chi connectivity index (χ3n) is 2.63. The second-order valence-electron chi connectivity index (χ2n) is 3.83. The van der Waals surface area contributed by atoms with Crippen molar-refractivity contribution in [1.29, 1.82) is 0 Å². The molecule has 94 valence electrons. The fraction of sp³-hybridized carbons (Fsp3) is 0.143. The summed E-state index contributed by atoms with van der Waals surface area (Å²) in [6, 6.07) is 13.0. The van der Waals surface area contributed by atoms with Crippen LogP contribution in [-0.4, -0.2) is 12.2 Å². The minimum atomic E-state index is 0.295. The Morgan fingerprint density at radius 1 is 1.22 bits per heavy atom. The highest BCUT2D eigenvalue weighted by atomic mass is 79.9. The maximum absolute atomic E-state index is 9.68. The zero-order chi connectivity index (χ0) is 13.0. The molecule has 0 aromatic heterocycles. The Morgan fingerprint density at radius 3 is 2.72 bits per heavy atom. The molecule has 2 N–H and O–H groups in total. The van der Waals surface area contributed by atoms with Crippen LogP contribution in [0.25, 0.3) is 0 Å². The highest BCUT2D eigenvalue weighted by Crippen LogP contribution is 2.28. The number of methoxy groups -OCH3 is 1. The van der Waals surface area contributed by atoms with Crippen molar-refractivity contribution in [2.45, 2.75) is 6.54 Å². The second kappa shape index (κ2) is 5.78. The van der Waals surface area contributed by atoms with Crippen LogP contribution in [0.15, 0.2) is 46.9 Å². The van der Waals surface area contributed by atoms with Gasteiger partial charge in [-0.15, -0.1) is 0 Å². The molecule has 2 aromatic rings. The van der Waals surface area contributed by atoms with Gasteiger partial charge < -0.3 is 15.2 Å². The van der Waals surface area contributed by atoms with Gasteiger partial charge in [-0.3, -0.25) is 0 Å². The van der Waals surface area contributed by atoms with Gasteiger partial charge in [-0.05, 0) is 34.1 Å². The van der Waals surface area contributed by atoms with Gasteiger partial charge in [0.05, 0.1) is 12.8 Å². The van der Waals surface area contributed by atoms with E-state index in [1.165, 1.54) is 0 Å². The highest BCUT2D eigenvalue weighted by Gasteiger charge is 2.04. The molecule has 0 saturated carbocycles. The van der Waals surface area contributed by atoms with E-state index in [-0.39, 0.29) is 0 Å². The fourth-order valence-electron chi connectivity index (χ4n) is 1.62. The molecular weight excluding hydrogens is 294 g/mol. The lowest BCUT2D eigenvalue weighted by Crippen LogP contribution is -2.00. The Bertz CT molecular complexity index is 543. The molecule has 0 saturated heterocycles. The van der Waals surface area contributed by atoms with E-state index in [0.717, 1.165) is 21.5 Å². The molecule has 0 amide bonds. The Morgan fingerprint density at radius 2 is 2.00 bits per heavy atom. The standard InChI is InChI=1S/C14H14BrNO2/c1-18-11-6-7-12(15)13(8-11)16-9-10-4-2-3-5-14(10)17/h2-8,16-17H,9H2,1H3. The number of ether oxygens (including phenoxy) is 1. The van der Waals surface area contributed by atoms with E-state index in [0.29, 0.717) is 12.3 Å². The van der Waals surface area contributed by atoms with E-state index in [9.17, 15) is 5.11 Å².